The Morgan fingerprint density at radius 3 is 2.95 bits per heavy atom. The van der Waals surface area contributed by atoms with Crippen molar-refractivity contribution in [1.82, 2.24) is 20.1 Å². The third-order valence-corrected chi connectivity index (χ3v) is 3.83. The fraction of sp³-hybridized carbons (Fsp3) is 0.385. The van der Waals surface area contributed by atoms with E-state index in [4.69, 9.17) is 4.52 Å². The fourth-order valence-corrected chi connectivity index (χ4v) is 2.89. The van der Waals surface area contributed by atoms with E-state index in [2.05, 4.69) is 43.7 Å². The number of aromatic nitrogens is 4. The summed E-state index contributed by atoms with van der Waals surface area (Å²) in [5, 5.41) is 11.1. The van der Waals surface area contributed by atoms with Crippen LogP contribution in [-0.2, 0) is 6.42 Å². The zero-order chi connectivity index (χ0) is 14.7. The van der Waals surface area contributed by atoms with Gasteiger partial charge in [-0.05, 0) is 19.9 Å². The minimum Gasteiger partial charge on any atom is -0.369 e. The highest BCUT2D eigenvalue weighted by atomic mass is 32.1. The summed E-state index contributed by atoms with van der Waals surface area (Å²) in [5.41, 5.74) is 0. The van der Waals surface area contributed by atoms with E-state index in [-0.39, 0.29) is 0 Å². The second kappa shape index (κ2) is 6.04. The van der Waals surface area contributed by atoms with Gasteiger partial charge in [0.2, 0.25) is 11.8 Å². The van der Waals surface area contributed by atoms with E-state index < -0.39 is 0 Å². The Labute approximate surface area is 125 Å². The first-order valence-electron chi connectivity index (χ1n) is 6.77. The maximum Gasteiger partial charge on any atom is 0.228 e. The van der Waals surface area contributed by atoms with E-state index >= 15 is 0 Å². The SMILES string of the molecule is CCNc1nc(NCCc2ncno2)c2cc(C)sc2n1. The van der Waals surface area contributed by atoms with E-state index in [1.165, 1.54) is 11.2 Å². The van der Waals surface area contributed by atoms with Crippen LogP contribution in [0.4, 0.5) is 11.8 Å². The van der Waals surface area contributed by atoms with Gasteiger partial charge in [-0.2, -0.15) is 9.97 Å². The first-order chi connectivity index (χ1) is 10.3. The van der Waals surface area contributed by atoms with Crippen molar-refractivity contribution >= 4 is 33.3 Å². The summed E-state index contributed by atoms with van der Waals surface area (Å²) in [6, 6.07) is 2.10. The van der Waals surface area contributed by atoms with Crippen LogP contribution in [0, 0.1) is 6.92 Å². The van der Waals surface area contributed by atoms with E-state index in [0.717, 1.165) is 22.6 Å². The third-order valence-electron chi connectivity index (χ3n) is 2.89. The number of rotatable bonds is 6. The van der Waals surface area contributed by atoms with Gasteiger partial charge in [-0.3, -0.25) is 0 Å². The molecule has 0 amide bonds. The Balaban J connectivity index is 1.81. The van der Waals surface area contributed by atoms with E-state index in [9.17, 15) is 0 Å². The molecule has 0 saturated carbocycles. The molecule has 0 aromatic carbocycles. The van der Waals surface area contributed by atoms with Crippen molar-refractivity contribution < 1.29 is 4.52 Å². The Kier molecular flexibility index (Phi) is 3.96. The quantitative estimate of drug-likeness (QED) is 0.723. The topological polar surface area (TPSA) is 88.8 Å². The minimum absolute atomic E-state index is 0.612. The molecule has 3 rings (SSSR count). The van der Waals surface area contributed by atoms with Gasteiger partial charge in [0.05, 0.1) is 5.39 Å². The number of nitrogens with one attached hydrogen (secondary N) is 2. The van der Waals surface area contributed by atoms with Crippen molar-refractivity contribution in [1.29, 1.82) is 0 Å². The van der Waals surface area contributed by atoms with Crippen molar-refractivity contribution in [2.75, 3.05) is 23.7 Å². The van der Waals surface area contributed by atoms with Crippen LogP contribution in [0.1, 0.15) is 17.7 Å². The van der Waals surface area contributed by atoms with Gasteiger partial charge in [0.1, 0.15) is 10.6 Å². The Bertz CT molecular complexity index is 724. The second-order valence-electron chi connectivity index (χ2n) is 4.51. The molecule has 0 unspecified atom stereocenters. The van der Waals surface area contributed by atoms with Crippen LogP contribution in [0.3, 0.4) is 0 Å². The van der Waals surface area contributed by atoms with Crippen LogP contribution >= 0.6 is 11.3 Å². The third kappa shape index (κ3) is 3.10. The fourth-order valence-electron chi connectivity index (χ4n) is 2.01. The number of anilines is 2. The predicted octanol–water partition coefficient (Wildman–Crippen LogP) is 2.47. The van der Waals surface area contributed by atoms with Crippen molar-refractivity contribution in [2.24, 2.45) is 0 Å². The minimum atomic E-state index is 0.612. The van der Waals surface area contributed by atoms with Crippen molar-refractivity contribution in [2.45, 2.75) is 20.3 Å². The second-order valence-corrected chi connectivity index (χ2v) is 5.75. The van der Waals surface area contributed by atoms with Gasteiger partial charge in [-0.15, -0.1) is 11.3 Å². The summed E-state index contributed by atoms with van der Waals surface area (Å²) in [6.45, 7) is 5.56. The summed E-state index contributed by atoms with van der Waals surface area (Å²) in [5.74, 6) is 2.09. The number of fused-ring (bicyclic) bond motifs is 1. The molecular formula is C13H16N6OS. The van der Waals surface area contributed by atoms with Crippen molar-refractivity contribution in [3.8, 4) is 0 Å². The standard InChI is InChI=1S/C13H16N6OS/c1-3-14-13-18-11(9-6-8(2)21-12(9)19-13)15-5-4-10-16-7-17-20-10/h6-7H,3-5H2,1-2H3,(H2,14,15,18,19). The predicted molar refractivity (Wildman–Crippen MR) is 82.8 cm³/mol. The molecule has 0 aliphatic rings. The maximum atomic E-state index is 4.98. The van der Waals surface area contributed by atoms with Crippen LogP contribution in [0.15, 0.2) is 16.9 Å². The average Bonchev–Trinajstić information content (AvgIpc) is 3.07. The van der Waals surface area contributed by atoms with Crippen LogP contribution in [-0.4, -0.2) is 33.2 Å². The summed E-state index contributed by atoms with van der Waals surface area (Å²) >= 11 is 1.67. The van der Waals surface area contributed by atoms with Crippen LogP contribution in [0.2, 0.25) is 0 Å². The Morgan fingerprint density at radius 1 is 1.29 bits per heavy atom. The molecule has 8 heteroatoms. The highest BCUT2D eigenvalue weighted by Crippen LogP contribution is 2.29. The zero-order valence-electron chi connectivity index (χ0n) is 11.9. The smallest absolute Gasteiger partial charge is 0.228 e. The molecule has 3 aromatic rings. The highest BCUT2D eigenvalue weighted by Gasteiger charge is 2.10. The maximum absolute atomic E-state index is 4.98. The molecule has 0 bridgehead atoms. The molecule has 3 aromatic heterocycles. The van der Waals surface area contributed by atoms with Crippen LogP contribution in [0.5, 0.6) is 0 Å². The lowest BCUT2D eigenvalue weighted by molar-refractivity contribution is 0.380. The lowest BCUT2D eigenvalue weighted by Gasteiger charge is -2.08. The molecule has 0 saturated heterocycles. The number of hydrogen-bond donors (Lipinski definition) is 2. The van der Waals surface area contributed by atoms with Gasteiger partial charge in [-0.25, -0.2) is 4.98 Å². The van der Waals surface area contributed by atoms with E-state index in [1.807, 2.05) is 6.92 Å². The van der Waals surface area contributed by atoms with Crippen molar-refractivity contribution in [3.05, 3.63) is 23.2 Å². The Hall–Kier alpha value is -2.22. The van der Waals surface area contributed by atoms with E-state index in [1.54, 1.807) is 11.3 Å². The molecule has 0 radical (unpaired) electrons. The summed E-state index contributed by atoms with van der Waals surface area (Å²) in [6.07, 6.45) is 2.06. The summed E-state index contributed by atoms with van der Waals surface area (Å²) in [7, 11) is 0. The molecule has 110 valence electrons. The first-order valence-corrected chi connectivity index (χ1v) is 7.59. The van der Waals surface area contributed by atoms with Gasteiger partial charge >= 0.3 is 0 Å². The first kappa shape index (κ1) is 13.7. The molecule has 3 heterocycles. The molecular weight excluding hydrogens is 288 g/mol. The molecule has 7 nitrogen and oxygen atoms in total. The summed E-state index contributed by atoms with van der Waals surface area (Å²) < 4.78 is 4.98. The van der Waals surface area contributed by atoms with Gasteiger partial charge in [-0.1, -0.05) is 5.16 Å². The molecule has 0 atom stereocenters. The molecule has 21 heavy (non-hydrogen) atoms. The van der Waals surface area contributed by atoms with Gasteiger partial charge in [0, 0.05) is 24.4 Å². The normalized spacial score (nSPS) is 11.0. The van der Waals surface area contributed by atoms with Crippen LogP contribution in [0.25, 0.3) is 10.2 Å². The summed E-state index contributed by atoms with van der Waals surface area (Å²) in [4.78, 5) is 15.2. The number of nitrogens with zero attached hydrogens (tertiary/aromatic N) is 4. The molecule has 2 N–H and O–H groups in total. The lowest BCUT2D eigenvalue weighted by atomic mass is 10.3. The zero-order valence-corrected chi connectivity index (χ0v) is 12.7. The Morgan fingerprint density at radius 2 is 2.19 bits per heavy atom. The van der Waals surface area contributed by atoms with E-state index in [0.29, 0.717) is 24.8 Å². The van der Waals surface area contributed by atoms with Gasteiger partial charge < -0.3 is 15.2 Å². The number of hydrogen-bond acceptors (Lipinski definition) is 8. The molecule has 0 spiro atoms. The largest absolute Gasteiger partial charge is 0.369 e. The average molecular weight is 304 g/mol. The molecule has 0 aliphatic heterocycles. The lowest BCUT2D eigenvalue weighted by Crippen LogP contribution is -2.09. The van der Waals surface area contributed by atoms with Crippen LogP contribution < -0.4 is 10.6 Å². The molecule has 0 fully saturated rings. The van der Waals surface area contributed by atoms with Gasteiger partial charge in [0.25, 0.3) is 0 Å². The van der Waals surface area contributed by atoms with Gasteiger partial charge in [0.15, 0.2) is 6.33 Å². The van der Waals surface area contributed by atoms with Crippen molar-refractivity contribution in [3.63, 3.8) is 0 Å². The highest BCUT2D eigenvalue weighted by molar-refractivity contribution is 7.18. The molecule has 0 aliphatic carbocycles. The number of aryl methyl sites for hydroxylation is 1. The number of thiophene rings is 1. The monoisotopic (exact) mass is 304 g/mol.